The van der Waals surface area contributed by atoms with E-state index in [-0.39, 0.29) is 58.6 Å². The smallest absolute Gasteiger partial charge is 1.00 e. The van der Waals surface area contributed by atoms with Gasteiger partial charge in [0.15, 0.2) is 0 Å². The van der Waals surface area contributed by atoms with Gasteiger partial charge in [-0.25, -0.2) is 0 Å². The second kappa shape index (κ2) is 19.3. The van der Waals surface area contributed by atoms with Crippen molar-refractivity contribution in [1.82, 2.24) is 0 Å². The van der Waals surface area contributed by atoms with Gasteiger partial charge in [0.2, 0.25) is 0 Å². The van der Waals surface area contributed by atoms with E-state index in [0.29, 0.717) is 0 Å². The van der Waals surface area contributed by atoms with E-state index in [2.05, 4.69) is 92.7 Å². The zero-order valence-electron chi connectivity index (χ0n) is 23.0. The van der Waals surface area contributed by atoms with E-state index in [0.717, 1.165) is 6.42 Å². The summed E-state index contributed by atoms with van der Waals surface area (Å²) in [7, 11) is 0.0642. The van der Waals surface area contributed by atoms with E-state index in [1.165, 1.54) is 96.7 Å². The normalized spacial score (nSPS) is 10.9. The van der Waals surface area contributed by atoms with Crippen LogP contribution in [-0.4, -0.2) is 12.3 Å². The molecule has 0 radical (unpaired) electrons. The molecule has 4 heteroatoms. The molecule has 1 aliphatic carbocycles. The molecule has 0 unspecified atom stereocenters. The van der Waals surface area contributed by atoms with Gasteiger partial charge in [-0.1, -0.05) is 102 Å². The number of benzene rings is 3. The Bertz CT molecular complexity index is 1100. The molecule has 0 heterocycles. The minimum Gasteiger partial charge on any atom is -1.00 e. The second-order valence-corrected chi connectivity index (χ2v) is 12.3. The molecule has 5 rings (SSSR count). The van der Waals surface area contributed by atoms with E-state index in [9.17, 15) is 0 Å². The van der Waals surface area contributed by atoms with Crippen LogP contribution >= 0.6 is 7.92 Å². The fourth-order valence-electron chi connectivity index (χ4n) is 5.14. The van der Waals surface area contributed by atoms with Gasteiger partial charge in [0, 0.05) is 0 Å². The third-order valence-electron chi connectivity index (χ3n) is 7.15. The van der Waals surface area contributed by atoms with E-state index in [4.69, 9.17) is 0 Å². The van der Waals surface area contributed by atoms with E-state index >= 15 is 0 Å². The molecular formula is C34H41Cl2HfP. The summed E-state index contributed by atoms with van der Waals surface area (Å²) in [6.45, 7) is 4.61. The van der Waals surface area contributed by atoms with Crippen molar-refractivity contribution in [3.8, 4) is 11.1 Å². The molecule has 4 aromatic rings. The van der Waals surface area contributed by atoms with Crippen LogP contribution in [0, 0.1) is 6.07 Å². The Morgan fingerprint density at radius 2 is 1.37 bits per heavy atom. The molecule has 0 aromatic heterocycles. The van der Waals surface area contributed by atoms with Gasteiger partial charge in [-0.05, 0) is 31.6 Å². The van der Waals surface area contributed by atoms with Crippen LogP contribution in [-0.2, 0) is 32.3 Å². The zero-order valence-corrected chi connectivity index (χ0v) is 29.0. The molecule has 0 nitrogen and oxygen atoms in total. The average molecular weight is 730 g/mol. The van der Waals surface area contributed by atoms with Crippen LogP contribution in [0.3, 0.4) is 0 Å². The first-order valence-electron chi connectivity index (χ1n) is 13.8. The second-order valence-electron chi connectivity index (χ2n) is 9.85. The Labute approximate surface area is 264 Å². The Hall–Kier alpha value is -0.850. The van der Waals surface area contributed by atoms with Crippen molar-refractivity contribution in [3.05, 3.63) is 96.1 Å². The first-order chi connectivity index (χ1) is 17.3. The number of unbranched alkanes of at least 4 members (excludes halogenated alkanes) is 6. The predicted molar refractivity (Wildman–Crippen MR) is 158 cm³/mol. The molecule has 200 valence electrons. The molecule has 0 saturated heterocycles. The monoisotopic (exact) mass is 730 g/mol. The summed E-state index contributed by atoms with van der Waals surface area (Å²) in [5.74, 6) is 0. The van der Waals surface area contributed by atoms with Gasteiger partial charge in [-0.15, -0.1) is 45.9 Å². The Morgan fingerprint density at radius 1 is 0.737 bits per heavy atom. The Morgan fingerprint density at radius 3 is 2.05 bits per heavy atom. The fraction of sp³-hybridized carbons (Fsp3) is 0.382. The summed E-state index contributed by atoms with van der Waals surface area (Å²) in [4.78, 5) is 0. The SMILES string of the molecule is CCCCCCP(CCCCCC)c1cc2ccccc2[cH-]1.[Cl-].[Cl-].[Hf+4].[c-]1cccc2c1Cc1ccccc1-2. The van der Waals surface area contributed by atoms with Crippen LogP contribution in [0.1, 0.15) is 76.3 Å². The van der Waals surface area contributed by atoms with Gasteiger partial charge >= 0.3 is 25.8 Å². The maximum Gasteiger partial charge on any atom is 4.00 e. The van der Waals surface area contributed by atoms with Gasteiger partial charge < -0.3 is 24.8 Å². The van der Waals surface area contributed by atoms with Gasteiger partial charge in [0.25, 0.3) is 0 Å². The minimum absolute atomic E-state index is 0. The molecule has 4 aromatic carbocycles. The fourth-order valence-corrected chi connectivity index (χ4v) is 7.74. The van der Waals surface area contributed by atoms with Crippen molar-refractivity contribution < 1.29 is 50.7 Å². The molecule has 0 fully saturated rings. The van der Waals surface area contributed by atoms with E-state index in [1.807, 2.05) is 6.07 Å². The predicted octanol–water partition coefficient (Wildman–Crippen LogP) is 3.89. The number of halogens is 2. The molecule has 0 saturated carbocycles. The standard InChI is InChI=1S/C21H32P.C13H9.2ClH.Hf/c1-3-5-7-11-15-22(16-12-8-6-4-2)21-17-19-13-9-10-14-20(19)18-21;1-3-7-12-10(5-1)9-11-6-2-4-8-13(11)12;;;/h9-10,13-14,17-18H,3-8,11-12,15-16H2,1-2H3;1-5,7-8H,9H2;2*1H;/q2*-1;;;+4/p-2. The first-order valence-corrected chi connectivity index (χ1v) is 15.5. The maximum absolute atomic E-state index is 3.30. The Balaban J connectivity index is 0.000000387. The van der Waals surface area contributed by atoms with Gasteiger partial charge in [0.05, 0.1) is 0 Å². The van der Waals surface area contributed by atoms with Crippen LogP contribution in [0.4, 0.5) is 0 Å². The van der Waals surface area contributed by atoms with Crippen LogP contribution in [0.5, 0.6) is 0 Å². The van der Waals surface area contributed by atoms with Crippen molar-refractivity contribution in [2.24, 2.45) is 0 Å². The van der Waals surface area contributed by atoms with Crippen molar-refractivity contribution in [1.29, 1.82) is 0 Å². The molecular weight excluding hydrogens is 689 g/mol. The quantitative estimate of drug-likeness (QED) is 0.0839. The first kappa shape index (κ1) is 35.2. The molecule has 1 aliphatic rings. The molecule has 0 N–H and O–H groups in total. The minimum atomic E-state index is 0. The average Bonchev–Trinajstić information content (AvgIpc) is 3.50. The molecule has 0 spiro atoms. The summed E-state index contributed by atoms with van der Waals surface area (Å²) < 4.78 is 0. The van der Waals surface area contributed by atoms with Crippen LogP contribution in [0.25, 0.3) is 21.9 Å². The summed E-state index contributed by atoms with van der Waals surface area (Å²) in [6.07, 6.45) is 15.1. The van der Waals surface area contributed by atoms with Crippen molar-refractivity contribution in [2.75, 3.05) is 12.3 Å². The van der Waals surface area contributed by atoms with E-state index in [1.54, 1.807) is 5.30 Å². The molecule has 0 bridgehead atoms. The molecule has 38 heavy (non-hydrogen) atoms. The molecule has 0 aliphatic heterocycles. The van der Waals surface area contributed by atoms with Crippen LogP contribution in [0.2, 0.25) is 0 Å². The van der Waals surface area contributed by atoms with Crippen molar-refractivity contribution in [2.45, 2.75) is 71.6 Å². The Kier molecular flexibility index (Phi) is 17.8. The summed E-state index contributed by atoms with van der Waals surface area (Å²) in [5.41, 5.74) is 5.51. The third-order valence-corrected chi connectivity index (χ3v) is 9.85. The summed E-state index contributed by atoms with van der Waals surface area (Å²) in [5, 5.41) is 4.53. The van der Waals surface area contributed by atoms with Gasteiger partial charge in [-0.3, -0.25) is 0 Å². The number of hydrogen-bond donors (Lipinski definition) is 0. The van der Waals surface area contributed by atoms with Crippen molar-refractivity contribution >= 4 is 24.0 Å². The largest absolute Gasteiger partial charge is 4.00 e. The van der Waals surface area contributed by atoms with Crippen LogP contribution < -0.4 is 30.1 Å². The maximum atomic E-state index is 3.30. The van der Waals surface area contributed by atoms with E-state index < -0.39 is 0 Å². The van der Waals surface area contributed by atoms with Crippen molar-refractivity contribution in [3.63, 3.8) is 0 Å². The van der Waals surface area contributed by atoms with Gasteiger partial charge in [0.1, 0.15) is 0 Å². The summed E-state index contributed by atoms with van der Waals surface area (Å²) >= 11 is 0. The number of hydrogen-bond acceptors (Lipinski definition) is 0. The number of rotatable bonds is 11. The third kappa shape index (κ3) is 9.96. The molecule has 0 atom stereocenters. The number of fused-ring (bicyclic) bond motifs is 4. The topological polar surface area (TPSA) is 0 Å². The summed E-state index contributed by atoms with van der Waals surface area (Å²) in [6, 6.07) is 31.9. The molecule has 0 amide bonds. The van der Waals surface area contributed by atoms with Gasteiger partial charge in [-0.2, -0.15) is 35.9 Å². The van der Waals surface area contributed by atoms with Crippen LogP contribution in [0.15, 0.2) is 78.9 Å². The zero-order chi connectivity index (χ0) is 24.3.